The van der Waals surface area contributed by atoms with Gasteiger partial charge in [-0.05, 0) is 92.1 Å². The zero-order chi connectivity index (χ0) is 33.3. The molecule has 2 fully saturated rings. The third-order valence-electron chi connectivity index (χ3n) is 8.85. The van der Waals surface area contributed by atoms with Crippen molar-refractivity contribution < 1.29 is 23.9 Å². The molecule has 4 N–H and O–H groups in total. The first kappa shape index (κ1) is 33.4. The Morgan fingerprint density at radius 2 is 1.51 bits per heavy atom. The maximum Gasteiger partial charge on any atom is 0.407 e. The highest BCUT2D eigenvalue weighted by atomic mass is 16.5. The number of anilines is 2. The number of nitrogens with one attached hydrogen (secondary N) is 4. The Labute approximate surface area is 275 Å². The Balaban J connectivity index is 1.24. The lowest BCUT2D eigenvalue weighted by molar-refractivity contribution is -0.137. The van der Waals surface area contributed by atoms with Crippen LogP contribution in [-0.2, 0) is 25.5 Å². The first-order valence-corrected chi connectivity index (χ1v) is 16.1. The highest BCUT2D eigenvalue weighted by molar-refractivity contribution is 5.99. The fourth-order valence-electron chi connectivity index (χ4n) is 6.28. The Morgan fingerprint density at radius 1 is 0.872 bits per heavy atom. The van der Waals surface area contributed by atoms with Gasteiger partial charge < -0.3 is 30.9 Å². The second kappa shape index (κ2) is 15.6. The van der Waals surface area contributed by atoms with Crippen molar-refractivity contribution in [1.82, 2.24) is 15.5 Å². The molecule has 2 aliphatic heterocycles. The molecule has 0 aromatic heterocycles. The van der Waals surface area contributed by atoms with Crippen LogP contribution in [0.4, 0.5) is 16.2 Å². The SMILES string of the molecule is C=C(C)[C@H](NC(=O)OC)C(=O)N1CCC[C@H]1C(=O)Nc1ccc(CC(c2ccccc2)c2ccc(NC(=O)[C@@H]3CCCN3)cc2)cc1. The van der Waals surface area contributed by atoms with Crippen LogP contribution in [0.15, 0.2) is 91.0 Å². The molecule has 0 bridgehead atoms. The number of carbonyl (C=O) groups excluding carboxylic acids is 4. The topological polar surface area (TPSA) is 129 Å². The molecule has 1 unspecified atom stereocenters. The van der Waals surface area contributed by atoms with Crippen molar-refractivity contribution in [3.63, 3.8) is 0 Å². The molecule has 4 atom stereocenters. The van der Waals surface area contributed by atoms with Gasteiger partial charge in [0.15, 0.2) is 0 Å². The van der Waals surface area contributed by atoms with Crippen LogP contribution in [-0.4, -0.2) is 67.0 Å². The first-order valence-electron chi connectivity index (χ1n) is 16.1. The predicted molar refractivity (Wildman–Crippen MR) is 182 cm³/mol. The van der Waals surface area contributed by atoms with E-state index in [0.717, 1.165) is 42.6 Å². The van der Waals surface area contributed by atoms with Gasteiger partial charge in [0.25, 0.3) is 0 Å². The van der Waals surface area contributed by atoms with Crippen LogP contribution >= 0.6 is 0 Å². The maximum atomic E-state index is 13.3. The molecule has 10 nitrogen and oxygen atoms in total. The molecule has 5 rings (SSSR count). The highest BCUT2D eigenvalue weighted by Gasteiger charge is 2.38. The van der Waals surface area contributed by atoms with Gasteiger partial charge >= 0.3 is 6.09 Å². The summed E-state index contributed by atoms with van der Waals surface area (Å²) >= 11 is 0. The highest BCUT2D eigenvalue weighted by Crippen LogP contribution is 2.30. The second-order valence-corrected chi connectivity index (χ2v) is 12.2. The van der Waals surface area contributed by atoms with E-state index in [1.807, 2.05) is 54.6 Å². The van der Waals surface area contributed by atoms with Crippen molar-refractivity contribution in [2.45, 2.75) is 63.1 Å². The van der Waals surface area contributed by atoms with E-state index in [1.165, 1.54) is 17.6 Å². The largest absolute Gasteiger partial charge is 0.453 e. The third-order valence-corrected chi connectivity index (χ3v) is 8.85. The van der Waals surface area contributed by atoms with Crippen molar-refractivity contribution in [2.75, 3.05) is 30.8 Å². The number of benzene rings is 3. The molecule has 2 aliphatic rings. The lowest BCUT2D eigenvalue weighted by atomic mass is 9.86. The Bertz CT molecular complexity index is 1570. The Kier molecular flexibility index (Phi) is 11.1. The number of hydrogen-bond donors (Lipinski definition) is 4. The van der Waals surface area contributed by atoms with E-state index < -0.39 is 18.2 Å². The van der Waals surface area contributed by atoms with Gasteiger partial charge in [-0.2, -0.15) is 0 Å². The summed E-state index contributed by atoms with van der Waals surface area (Å²) in [5.41, 5.74) is 5.27. The van der Waals surface area contributed by atoms with Gasteiger partial charge in [0.2, 0.25) is 17.7 Å². The number of ether oxygens (including phenoxy) is 1. The van der Waals surface area contributed by atoms with E-state index >= 15 is 0 Å². The zero-order valence-corrected chi connectivity index (χ0v) is 27.0. The smallest absolute Gasteiger partial charge is 0.407 e. The molecule has 0 saturated carbocycles. The van der Waals surface area contributed by atoms with Gasteiger partial charge in [-0.25, -0.2) is 4.79 Å². The molecule has 4 amide bonds. The predicted octanol–water partition coefficient (Wildman–Crippen LogP) is 4.98. The number of rotatable bonds is 11. The summed E-state index contributed by atoms with van der Waals surface area (Å²) in [4.78, 5) is 52.5. The van der Waals surface area contributed by atoms with Gasteiger partial charge in [-0.3, -0.25) is 14.4 Å². The molecule has 0 radical (unpaired) electrons. The molecule has 0 spiro atoms. The molecule has 0 aliphatic carbocycles. The van der Waals surface area contributed by atoms with E-state index in [0.29, 0.717) is 30.6 Å². The van der Waals surface area contributed by atoms with Crippen molar-refractivity contribution >= 4 is 35.2 Å². The molecular weight excluding hydrogens is 594 g/mol. The van der Waals surface area contributed by atoms with Crippen molar-refractivity contribution in [3.05, 3.63) is 108 Å². The minimum absolute atomic E-state index is 0.000840. The number of hydrogen-bond acceptors (Lipinski definition) is 6. The van der Waals surface area contributed by atoms with Crippen LogP contribution in [0.2, 0.25) is 0 Å². The zero-order valence-electron chi connectivity index (χ0n) is 27.0. The number of likely N-dealkylation sites (tertiary alicyclic amines) is 1. The van der Waals surface area contributed by atoms with Crippen molar-refractivity contribution in [2.24, 2.45) is 0 Å². The van der Waals surface area contributed by atoms with E-state index in [2.05, 4.69) is 56.8 Å². The summed E-state index contributed by atoms with van der Waals surface area (Å²) in [6, 6.07) is 24.3. The summed E-state index contributed by atoms with van der Waals surface area (Å²) in [5.74, 6) is -0.582. The van der Waals surface area contributed by atoms with E-state index in [9.17, 15) is 19.2 Å². The van der Waals surface area contributed by atoms with E-state index in [4.69, 9.17) is 0 Å². The number of methoxy groups -OCH3 is 1. The number of nitrogens with zero attached hydrogens (tertiary/aromatic N) is 1. The van der Waals surface area contributed by atoms with E-state index in [-0.39, 0.29) is 29.7 Å². The molecule has 3 aromatic carbocycles. The summed E-state index contributed by atoms with van der Waals surface area (Å²) in [6.07, 6.45) is 3.06. The van der Waals surface area contributed by atoms with Crippen LogP contribution in [0.5, 0.6) is 0 Å². The molecule has 3 aromatic rings. The average Bonchev–Trinajstić information content (AvgIpc) is 3.81. The second-order valence-electron chi connectivity index (χ2n) is 12.2. The van der Waals surface area contributed by atoms with Gasteiger partial charge in [0.05, 0.1) is 13.2 Å². The molecule has 2 heterocycles. The number of alkyl carbamates (subject to hydrolysis) is 1. The normalized spacial score (nSPS) is 18.6. The maximum absolute atomic E-state index is 13.3. The van der Waals surface area contributed by atoms with Crippen molar-refractivity contribution in [1.29, 1.82) is 0 Å². The lowest BCUT2D eigenvalue weighted by Gasteiger charge is -2.28. The van der Waals surface area contributed by atoms with Crippen LogP contribution < -0.4 is 21.3 Å². The van der Waals surface area contributed by atoms with Crippen LogP contribution in [0, 0.1) is 0 Å². The van der Waals surface area contributed by atoms with Gasteiger partial charge in [0, 0.05) is 23.8 Å². The summed E-state index contributed by atoms with van der Waals surface area (Å²) < 4.78 is 4.66. The summed E-state index contributed by atoms with van der Waals surface area (Å²) in [5, 5.41) is 11.7. The minimum atomic E-state index is -0.975. The molecule has 2 saturated heterocycles. The summed E-state index contributed by atoms with van der Waals surface area (Å²) in [7, 11) is 1.23. The molecular formula is C37H43N5O5. The number of amides is 4. The lowest BCUT2D eigenvalue weighted by Crippen LogP contribution is -2.52. The Hall–Kier alpha value is -4.96. The fraction of sp³-hybridized carbons (Fsp3) is 0.351. The monoisotopic (exact) mass is 637 g/mol. The molecule has 10 heteroatoms. The Morgan fingerprint density at radius 3 is 2.13 bits per heavy atom. The first-order chi connectivity index (χ1) is 22.7. The van der Waals surface area contributed by atoms with Gasteiger partial charge in [0.1, 0.15) is 12.1 Å². The van der Waals surface area contributed by atoms with Crippen molar-refractivity contribution in [3.8, 4) is 0 Å². The van der Waals surface area contributed by atoms with Gasteiger partial charge in [-0.15, -0.1) is 0 Å². The molecule has 47 heavy (non-hydrogen) atoms. The van der Waals surface area contributed by atoms with E-state index in [1.54, 1.807) is 6.92 Å². The van der Waals surface area contributed by atoms with Gasteiger partial charge in [-0.1, -0.05) is 61.2 Å². The molecule has 246 valence electrons. The fourth-order valence-corrected chi connectivity index (χ4v) is 6.28. The minimum Gasteiger partial charge on any atom is -0.453 e. The standard InChI is InChI=1S/C37H43N5O5/c1-24(2)33(41-37(46)47-3)36(45)42-22-8-12-32(42)35(44)40-28-17-13-25(14-18-28)23-30(26-9-5-4-6-10-26)27-15-19-29(20-16-27)39-34(43)31-11-7-21-38-31/h4-6,9-10,13-20,30-33,38H,1,7-8,11-12,21-23H2,2-3H3,(H,39,43)(H,40,44)(H,41,46)/t30?,31-,32-,33-/m0/s1. The quantitative estimate of drug-likeness (QED) is 0.220. The third kappa shape index (κ3) is 8.45. The van der Waals surface area contributed by atoms with Crippen LogP contribution in [0.3, 0.4) is 0 Å². The average molecular weight is 638 g/mol. The number of carbonyl (C=O) groups is 4. The van der Waals surface area contributed by atoms with Crippen LogP contribution in [0.1, 0.15) is 55.2 Å². The summed E-state index contributed by atoms with van der Waals surface area (Å²) in [6.45, 7) is 6.77. The van der Waals surface area contributed by atoms with Crippen LogP contribution in [0.25, 0.3) is 0 Å².